The Bertz CT molecular complexity index is 356. The molecule has 0 bridgehead atoms. The van der Waals surface area contributed by atoms with E-state index in [9.17, 15) is 4.39 Å². The predicted octanol–water partition coefficient (Wildman–Crippen LogP) is 2.08. The van der Waals surface area contributed by atoms with E-state index in [1.807, 2.05) is 0 Å². The maximum absolute atomic E-state index is 13.5. The van der Waals surface area contributed by atoms with Gasteiger partial charge in [0.15, 0.2) is 0 Å². The molecule has 0 radical (unpaired) electrons. The molecule has 0 spiro atoms. The van der Waals surface area contributed by atoms with Gasteiger partial charge >= 0.3 is 0 Å². The average molecular weight is 213 g/mol. The van der Waals surface area contributed by atoms with Crippen molar-refractivity contribution >= 4 is 11.8 Å². The molecule has 2 N–H and O–H groups in total. The number of benzene rings is 1. The SMILES string of the molecule is COc1ccc(F)c2c1CSCC2N. The van der Waals surface area contributed by atoms with Crippen molar-refractivity contribution in [3.63, 3.8) is 0 Å². The van der Waals surface area contributed by atoms with Crippen LogP contribution in [0.5, 0.6) is 5.75 Å². The minimum Gasteiger partial charge on any atom is -0.496 e. The van der Waals surface area contributed by atoms with Crippen LogP contribution in [0.25, 0.3) is 0 Å². The first-order valence-electron chi connectivity index (χ1n) is 4.42. The molecule has 2 rings (SSSR count). The summed E-state index contributed by atoms with van der Waals surface area (Å²) < 4.78 is 18.7. The Labute approximate surface area is 86.6 Å². The van der Waals surface area contributed by atoms with Crippen molar-refractivity contribution in [3.8, 4) is 5.75 Å². The Morgan fingerprint density at radius 2 is 2.36 bits per heavy atom. The molecule has 76 valence electrons. The normalized spacial score (nSPS) is 20.4. The van der Waals surface area contributed by atoms with Crippen molar-refractivity contribution < 1.29 is 9.13 Å². The Balaban J connectivity index is 2.57. The second-order valence-corrected chi connectivity index (χ2v) is 4.29. The van der Waals surface area contributed by atoms with Crippen LogP contribution in [0.4, 0.5) is 4.39 Å². The fourth-order valence-electron chi connectivity index (χ4n) is 1.73. The third-order valence-corrected chi connectivity index (χ3v) is 3.48. The molecular formula is C10H12FNOS. The summed E-state index contributed by atoms with van der Waals surface area (Å²) in [4.78, 5) is 0. The summed E-state index contributed by atoms with van der Waals surface area (Å²) in [5.41, 5.74) is 7.40. The highest BCUT2D eigenvalue weighted by Crippen LogP contribution is 2.37. The highest BCUT2D eigenvalue weighted by atomic mass is 32.2. The van der Waals surface area contributed by atoms with Gasteiger partial charge in [-0.3, -0.25) is 0 Å². The number of hydrogen-bond acceptors (Lipinski definition) is 3. The van der Waals surface area contributed by atoms with Crippen LogP contribution in [0.1, 0.15) is 17.2 Å². The van der Waals surface area contributed by atoms with E-state index >= 15 is 0 Å². The first-order chi connectivity index (χ1) is 6.74. The van der Waals surface area contributed by atoms with Gasteiger partial charge in [0.05, 0.1) is 7.11 Å². The van der Waals surface area contributed by atoms with Crippen LogP contribution in [0.3, 0.4) is 0 Å². The fraction of sp³-hybridized carbons (Fsp3) is 0.400. The summed E-state index contributed by atoms with van der Waals surface area (Å²) in [6.07, 6.45) is 0. The Hall–Kier alpha value is -0.740. The molecule has 1 unspecified atom stereocenters. The molecule has 1 aromatic rings. The zero-order valence-corrected chi connectivity index (χ0v) is 8.73. The fourth-order valence-corrected chi connectivity index (χ4v) is 2.77. The number of methoxy groups -OCH3 is 1. The standard InChI is InChI=1S/C10H12FNOS/c1-13-9-3-2-7(11)10-6(9)4-14-5-8(10)12/h2-3,8H,4-5,12H2,1H3. The molecule has 0 saturated heterocycles. The molecule has 0 saturated carbocycles. The van der Waals surface area contributed by atoms with E-state index in [4.69, 9.17) is 10.5 Å². The number of thioether (sulfide) groups is 1. The Morgan fingerprint density at radius 1 is 1.57 bits per heavy atom. The maximum Gasteiger partial charge on any atom is 0.128 e. The number of rotatable bonds is 1. The third kappa shape index (κ3) is 1.48. The lowest BCUT2D eigenvalue weighted by Crippen LogP contribution is -2.21. The number of hydrogen-bond donors (Lipinski definition) is 1. The van der Waals surface area contributed by atoms with E-state index in [2.05, 4.69) is 0 Å². The van der Waals surface area contributed by atoms with Gasteiger partial charge in [0.2, 0.25) is 0 Å². The van der Waals surface area contributed by atoms with E-state index in [-0.39, 0.29) is 11.9 Å². The van der Waals surface area contributed by atoms with Crippen molar-refractivity contribution in [3.05, 3.63) is 29.1 Å². The summed E-state index contributed by atoms with van der Waals surface area (Å²) in [5.74, 6) is 2.08. The van der Waals surface area contributed by atoms with Crippen LogP contribution in [-0.2, 0) is 5.75 Å². The first-order valence-corrected chi connectivity index (χ1v) is 5.58. The molecule has 0 aromatic heterocycles. The zero-order chi connectivity index (χ0) is 10.1. The van der Waals surface area contributed by atoms with Crippen molar-refractivity contribution in [2.45, 2.75) is 11.8 Å². The van der Waals surface area contributed by atoms with Crippen molar-refractivity contribution in [2.24, 2.45) is 5.73 Å². The molecule has 1 aliphatic rings. The van der Waals surface area contributed by atoms with Crippen LogP contribution in [0.2, 0.25) is 0 Å². The highest BCUT2D eigenvalue weighted by molar-refractivity contribution is 7.98. The largest absolute Gasteiger partial charge is 0.496 e. The maximum atomic E-state index is 13.5. The minimum atomic E-state index is -0.214. The van der Waals surface area contributed by atoms with E-state index < -0.39 is 0 Å². The molecule has 1 atom stereocenters. The van der Waals surface area contributed by atoms with Crippen LogP contribution < -0.4 is 10.5 Å². The number of fused-ring (bicyclic) bond motifs is 1. The molecule has 1 aliphatic heterocycles. The van der Waals surface area contributed by atoms with Crippen molar-refractivity contribution in [1.82, 2.24) is 0 Å². The molecule has 1 heterocycles. The molecule has 2 nitrogen and oxygen atoms in total. The van der Waals surface area contributed by atoms with Gasteiger partial charge in [-0.2, -0.15) is 11.8 Å². The van der Waals surface area contributed by atoms with E-state index in [0.717, 1.165) is 22.8 Å². The summed E-state index contributed by atoms with van der Waals surface area (Å²) in [6, 6.07) is 2.87. The van der Waals surface area contributed by atoms with Gasteiger partial charge in [0.1, 0.15) is 11.6 Å². The second kappa shape index (κ2) is 3.79. The highest BCUT2D eigenvalue weighted by Gasteiger charge is 2.23. The quantitative estimate of drug-likeness (QED) is 0.775. The number of nitrogens with two attached hydrogens (primary N) is 1. The lowest BCUT2D eigenvalue weighted by molar-refractivity contribution is 0.408. The summed E-state index contributed by atoms with van der Waals surface area (Å²) >= 11 is 1.71. The minimum absolute atomic E-state index is 0.209. The Morgan fingerprint density at radius 3 is 3.07 bits per heavy atom. The van der Waals surface area contributed by atoms with E-state index in [1.54, 1.807) is 24.9 Å². The number of halogens is 1. The molecule has 0 aliphatic carbocycles. The summed E-state index contributed by atoms with van der Waals surface area (Å²) in [6.45, 7) is 0. The van der Waals surface area contributed by atoms with Gasteiger partial charge in [-0.05, 0) is 12.1 Å². The third-order valence-electron chi connectivity index (χ3n) is 2.40. The van der Waals surface area contributed by atoms with E-state index in [1.165, 1.54) is 6.07 Å². The van der Waals surface area contributed by atoms with E-state index in [0.29, 0.717) is 5.56 Å². The topological polar surface area (TPSA) is 35.2 Å². The number of ether oxygens (including phenoxy) is 1. The van der Waals surface area contributed by atoms with Gasteiger partial charge in [-0.15, -0.1) is 0 Å². The van der Waals surface area contributed by atoms with Crippen LogP contribution in [-0.4, -0.2) is 12.9 Å². The predicted molar refractivity (Wildman–Crippen MR) is 56.0 cm³/mol. The molecule has 14 heavy (non-hydrogen) atoms. The monoisotopic (exact) mass is 213 g/mol. The molecule has 4 heteroatoms. The molecule has 1 aromatic carbocycles. The summed E-state index contributed by atoms with van der Waals surface area (Å²) in [7, 11) is 1.60. The van der Waals surface area contributed by atoms with Gasteiger partial charge < -0.3 is 10.5 Å². The Kier molecular flexibility index (Phi) is 2.65. The van der Waals surface area contributed by atoms with Crippen LogP contribution in [0.15, 0.2) is 12.1 Å². The molecular weight excluding hydrogens is 201 g/mol. The van der Waals surface area contributed by atoms with Gasteiger partial charge in [-0.1, -0.05) is 0 Å². The second-order valence-electron chi connectivity index (χ2n) is 3.26. The molecule has 0 fully saturated rings. The van der Waals surface area contributed by atoms with Gasteiger partial charge in [-0.25, -0.2) is 4.39 Å². The van der Waals surface area contributed by atoms with Crippen molar-refractivity contribution in [1.29, 1.82) is 0 Å². The average Bonchev–Trinajstić information content (AvgIpc) is 2.18. The van der Waals surface area contributed by atoms with Crippen LogP contribution >= 0.6 is 11.8 Å². The smallest absolute Gasteiger partial charge is 0.128 e. The van der Waals surface area contributed by atoms with Crippen LogP contribution in [0, 0.1) is 5.82 Å². The van der Waals surface area contributed by atoms with Gasteiger partial charge in [0.25, 0.3) is 0 Å². The molecule has 0 amide bonds. The van der Waals surface area contributed by atoms with Crippen molar-refractivity contribution in [2.75, 3.05) is 12.9 Å². The lowest BCUT2D eigenvalue weighted by atomic mass is 10.0. The van der Waals surface area contributed by atoms with Gasteiger partial charge in [0, 0.05) is 28.7 Å². The lowest BCUT2D eigenvalue weighted by Gasteiger charge is -2.24. The first kappa shape index (κ1) is 9.80. The zero-order valence-electron chi connectivity index (χ0n) is 7.92. The summed E-state index contributed by atoms with van der Waals surface area (Å²) in [5, 5.41) is 0.